The van der Waals surface area contributed by atoms with E-state index in [1.165, 1.54) is 12.1 Å². The van der Waals surface area contributed by atoms with Crippen molar-refractivity contribution in [3.63, 3.8) is 0 Å². The van der Waals surface area contributed by atoms with E-state index in [1.807, 2.05) is 6.07 Å². The van der Waals surface area contributed by atoms with E-state index in [4.69, 9.17) is 9.68 Å². The van der Waals surface area contributed by atoms with E-state index >= 15 is 0 Å². The van der Waals surface area contributed by atoms with Gasteiger partial charge in [-0.05, 0) is 6.07 Å². The van der Waals surface area contributed by atoms with Gasteiger partial charge >= 0.3 is 5.88 Å². The molecule has 0 aliphatic heterocycles. The highest BCUT2D eigenvalue weighted by Crippen LogP contribution is 2.14. The van der Waals surface area contributed by atoms with Crippen molar-refractivity contribution >= 4 is 18.3 Å². The van der Waals surface area contributed by atoms with Gasteiger partial charge in [-0.15, -0.1) is 12.4 Å². The average molecular weight is 232 g/mol. The second-order valence-electron chi connectivity index (χ2n) is 2.58. The molecular weight excluding hydrogens is 222 g/mol. The van der Waals surface area contributed by atoms with E-state index in [0.717, 1.165) is 0 Å². The van der Waals surface area contributed by atoms with Gasteiger partial charge in [-0.2, -0.15) is 5.26 Å². The van der Waals surface area contributed by atoms with Crippen molar-refractivity contribution in [1.29, 1.82) is 5.26 Å². The number of nitro groups is 1. The van der Waals surface area contributed by atoms with Gasteiger partial charge in [-0.25, -0.2) is 0 Å². The van der Waals surface area contributed by atoms with Crippen LogP contribution in [0.2, 0.25) is 0 Å². The predicted molar refractivity (Wildman–Crippen MR) is 54.5 cm³/mol. The summed E-state index contributed by atoms with van der Waals surface area (Å²) in [7, 11) is 0. The largest absolute Gasteiger partial charge is 0.433 e. The minimum Gasteiger partial charge on any atom is -0.404 e. The quantitative estimate of drug-likeness (QED) is 0.472. The van der Waals surface area contributed by atoms with Gasteiger partial charge in [0.1, 0.15) is 10.7 Å². The Hall–Kier alpha value is -1.58. The molecule has 82 valence electrons. The van der Waals surface area contributed by atoms with E-state index in [9.17, 15) is 10.1 Å². The van der Waals surface area contributed by atoms with E-state index in [0.29, 0.717) is 25.3 Å². The van der Waals surface area contributed by atoms with Crippen LogP contribution in [0.25, 0.3) is 0 Å². The van der Waals surface area contributed by atoms with Gasteiger partial charge < -0.3 is 9.73 Å². The maximum atomic E-state index is 10.2. The molecule has 15 heavy (non-hydrogen) atoms. The summed E-state index contributed by atoms with van der Waals surface area (Å²) in [5.41, 5.74) is 0. The second kappa shape index (κ2) is 6.81. The number of nitrogens with zero attached hydrogens (tertiary/aromatic N) is 2. The van der Waals surface area contributed by atoms with E-state index in [2.05, 4.69) is 5.32 Å². The molecule has 0 bridgehead atoms. The summed E-state index contributed by atoms with van der Waals surface area (Å²) in [6.45, 7) is 0.945. The molecule has 1 N–H and O–H groups in total. The fourth-order valence-electron chi connectivity index (χ4n) is 0.916. The molecule has 0 unspecified atom stereocenters. The van der Waals surface area contributed by atoms with Crippen molar-refractivity contribution < 1.29 is 9.34 Å². The number of hydrogen-bond donors (Lipinski definition) is 1. The van der Waals surface area contributed by atoms with Gasteiger partial charge in [0.2, 0.25) is 0 Å². The molecule has 0 saturated heterocycles. The molecule has 1 rings (SSSR count). The lowest BCUT2D eigenvalue weighted by Crippen LogP contribution is -2.13. The number of nitrogens with one attached hydrogen (secondary N) is 1. The summed E-state index contributed by atoms with van der Waals surface area (Å²) in [6.07, 6.45) is 0.406. The van der Waals surface area contributed by atoms with Crippen LogP contribution in [0, 0.1) is 21.4 Å². The molecule has 7 heteroatoms. The van der Waals surface area contributed by atoms with Gasteiger partial charge in [0, 0.05) is 13.0 Å². The number of hydrogen-bond acceptors (Lipinski definition) is 5. The van der Waals surface area contributed by atoms with Crippen molar-refractivity contribution in [3.05, 3.63) is 28.0 Å². The first-order valence-electron chi connectivity index (χ1n) is 4.05. The van der Waals surface area contributed by atoms with Gasteiger partial charge in [-0.1, -0.05) is 0 Å². The smallest absolute Gasteiger partial charge is 0.404 e. The van der Waals surface area contributed by atoms with Gasteiger partial charge in [0.15, 0.2) is 0 Å². The summed E-state index contributed by atoms with van der Waals surface area (Å²) >= 11 is 0. The zero-order valence-corrected chi connectivity index (χ0v) is 8.62. The molecule has 1 aromatic heterocycles. The molecule has 0 aliphatic carbocycles. The maximum Gasteiger partial charge on any atom is 0.433 e. The van der Waals surface area contributed by atoms with Crippen molar-refractivity contribution in [3.8, 4) is 6.07 Å². The third kappa shape index (κ3) is 4.44. The molecule has 0 atom stereocenters. The fraction of sp³-hybridized carbons (Fsp3) is 0.375. The summed E-state index contributed by atoms with van der Waals surface area (Å²) < 4.78 is 4.88. The fourth-order valence-corrected chi connectivity index (χ4v) is 0.916. The Kier molecular flexibility index (Phi) is 6.09. The summed E-state index contributed by atoms with van der Waals surface area (Å²) in [5, 5.41) is 21.4. The monoisotopic (exact) mass is 231 g/mol. The van der Waals surface area contributed by atoms with Crippen molar-refractivity contribution in [2.45, 2.75) is 13.0 Å². The predicted octanol–water partition coefficient (Wildman–Crippen LogP) is 1.61. The lowest BCUT2D eigenvalue weighted by molar-refractivity contribution is -0.402. The summed E-state index contributed by atoms with van der Waals surface area (Å²) in [4.78, 5) is 9.65. The van der Waals surface area contributed by atoms with Crippen LogP contribution in [0.1, 0.15) is 12.2 Å². The van der Waals surface area contributed by atoms with Crippen LogP contribution < -0.4 is 5.32 Å². The molecule has 0 fully saturated rings. The molecule has 1 aromatic rings. The highest BCUT2D eigenvalue weighted by atomic mass is 35.5. The zero-order chi connectivity index (χ0) is 10.4. The molecule has 1 heterocycles. The first-order valence-corrected chi connectivity index (χ1v) is 4.05. The van der Waals surface area contributed by atoms with Crippen LogP contribution in [-0.2, 0) is 6.54 Å². The highest BCUT2D eigenvalue weighted by Gasteiger charge is 2.10. The average Bonchev–Trinajstić information content (AvgIpc) is 2.61. The Morgan fingerprint density at radius 3 is 2.87 bits per heavy atom. The SMILES string of the molecule is Cl.N#CCCNCc1ccc([N+](=O)[O-])o1. The summed E-state index contributed by atoms with van der Waals surface area (Å²) in [5.74, 6) is 0.233. The molecule has 0 saturated carbocycles. The zero-order valence-electron chi connectivity index (χ0n) is 7.80. The molecule has 0 spiro atoms. The topological polar surface area (TPSA) is 92.1 Å². The van der Waals surface area contributed by atoms with Crippen molar-refractivity contribution in [2.75, 3.05) is 6.54 Å². The lowest BCUT2D eigenvalue weighted by atomic mass is 10.4. The molecule has 6 nitrogen and oxygen atoms in total. The van der Waals surface area contributed by atoms with Crippen molar-refractivity contribution in [2.24, 2.45) is 0 Å². The lowest BCUT2D eigenvalue weighted by Gasteiger charge is -1.96. The Morgan fingerprint density at radius 1 is 1.60 bits per heavy atom. The molecule has 0 aliphatic rings. The third-order valence-electron chi connectivity index (χ3n) is 1.54. The van der Waals surface area contributed by atoms with Crippen LogP contribution in [0.4, 0.5) is 5.88 Å². The first-order chi connectivity index (χ1) is 6.74. The highest BCUT2D eigenvalue weighted by molar-refractivity contribution is 5.85. The normalized spacial score (nSPS) is 9.00. The van der Waals surface area contributed by atoms with Crippen LogP contribution in [0.3, 0.4) is 0 Å². The van der Waals surface area contributed by atoms with Crippen LogP contribution >= 0.6 is 12.4 Å². The number of furan rings is 1. The van der Waals surface area contributed by atoms with Gasteiger partial charge in [0.25, 0.3) is 0 Å². The number of halogens is 1. The van der Waals surface area contributed by atoms with Crippen LogP contribution in [0.5, 0.6) is 0 Å². The Labute approximate surface area is 92.4 Å². The summed E-state index contributed by atoms with van der Waals surface area (Å²) in [6, 6.07) is 4.82. The molecular formula is C8H10ClN3O3. The number of rotatable bonds is 5. The van der Waals surface area contributed by atoms with E-state index in [-0.39, 0.29) is 18.3 Å². The Morgan fingerprint density at radius 2 is 2.33 bits per heavy atom. The molecule has 0 aromatic carbocycles. The Balaban J connectivity index is 0.00000196. The molecule has 0 amide bonds. The standard InChI is InChI=1S/C8H9N3O3.ClH/c9-4-1-5-10-6-7-2-3-8(14-7)11(12)13;/h2-3,10H,1,5-6H2;1H. The minimum absolute atomic E-state index is 0. The maximum absolute atomic E-state index is 10.2. The second-order valence-corrected chi connectivity index (χ2v) is 2.58. The van der Waals surface area contributed by atoms with Gasteiger partial charge in [0.05, 0.1) is 18.7 Å². The van der Waals surface area contributed by atoms with E-state index < -0.39 is 4.92 Å². The van der Waals surface area contributed by atoms with Gasteiger partial charge in [-0.3, -0.25) is 10.1 Å². The first kappa shape index (κ1) is 13.4. The van der Waals surface area contributed by atoms with Crippen LogP contribution in [0.15, 0.2) is 16.5 Å². The third-order valence-corrected chi connectivity index (χ3v) is 1.54. The number of nitriles is 1. The van der Waals surface area contributed by atoms with Crippen LogP contribution in [-0.4, -0.2) is 11.5 Å². The molecule has 0 radical (unpaired) electrons. The Bertz CT molecular complexity index is 358. The minimum atomic E-state index is -0.585. The van der Waals surface area contributed by atoms with Crippen molar-refractivity contribution in [1.82, 2.24) is 5.32 Å². The van der Waals surface area contributed by atoms with E-state index in [1.54, 1.807) is 0 Å².